The number of halogens is 2. The van der Waals surface area contributed by atoms with E-state index in [1.165, 1.54) is 22.3 Å². The molecule has 4 N–H and O–H groups in total. The van der Waals surface area contributed by atoms with Crippen LogP contribution in [0.2, 0.25) is 5.02 Å². The molecular weight excluding hydrogens is 408 g/mol. The third-order valence-electron chi connectivity index (χ3n) is 4.32. The molecule has 0 fully saturated rings. The molecular formula is C22H24BrClN2. The van der Waals surface area contributed by atoms with Gasteiger partial charge in [0.05, 0.1) is 0 Å². The van der Waals surface area contributed by atoms with Crippen molar-refractivity contribution in [2.24, 2.45) is 0 Å². The second-order valence-corrected chi connectivity index (χ2v) is 7.78. The van der Waals surface area contributed by atoms with Gasteiger partial charge in [-0.25, -0.2) is 0 Å². The minimum Gasteiger partial charge on any atom is -0.399 e. The number of hydrogen-bond acceptors (Lipinski definition) is 2. The van der Waals surface area contributed by atoms with Gasteiger partial charge in [-0.1, -0.05) is 39.7 Å². The zero-order valence-electron chi connectivity index (χ0n) is 15.5. The maximum Gasteiger partial charge on any atom is 0.0406 e. The van der Waals surface area contributed by atoms with E-state index >= 15 is 0 Å². The molecule has 0 atom stereocenters. The van der Waals surface area contributed by atoms with Crippen LogP contribution in [0.5, 0.6) is 0 Å². The van der Waals surface area contributed by atoms with Gasteiger partial charge in [0.25, 0.3) is 0 Å². The number of nitrogen functional groups attached to an aromatic ring is 2. The van der Waals surface area contributed by atoms with E-state index in [0.717, 1.165) is 32.0 Å². The lowest BCUT2D eigenvalue weighted by molar-refractivity contribution is 1.37. The van der Waals surface area contributed by atoms with E-state index in [0.29, 0.717) is 0 Å². The van der Waals surface area contributed by atoms with E-state index in [9.17, 15) is 0 Å². The summed E-state index contributed by atoms with van der Waals surface area (Å²) >= 11 is 9.30. The number of rotatable bonds is 1. The van der Waals surface area contributed by atoms with Crippen LogP contribution in [0.15, 0.2) is 53.0 Å². The predicted molar refractivity (Wildman–Crippen MR) is 119 cm³/mol. The van der Waals surface area contributed by atoms with Crippen molar-refractivity contribution in [1.82, 2.24) is 0 Å². The van der Waals surface area contributed by atoms with E-state index in [2.05, 4.69) is 28.9 Å². The van der Waals surface area contributed by atoms with Crippen LogP contribution in [-0.4, -0.2) is 0 Å². The number of anilines is 2. The normalized spacial score (nSPS) is 10.2. The summed E-state index contributed by atoms with van der Waals surface area (Å²) in [4.78, 5) is 0. The second kappa shape index (κ2) is 8.61. The molecule has 2 nitrogen and oxygen atoms in total. The van der Waals surface area contributed by atoms with E-state index in [1.807, 2.05) is 63.2 Å². The predicted octanol–water partition coefficient (Wildman–Crippen LogP) is 6.85. The maximum atomic E-state index is 5.88. The van der Waals surface area contributed by atoms with Gasteiger partial charge in [-0.15, -0.1) is 0 Å². The molecule has 0 saturated carbocycles. The highest BCUT2D eigenvalue weighted by Gasteiger charge is 2.04. The Kier molecular flexibility index (Phi) is 6.74. The summed E-state index contributed by atoms with van der Waals surface area (Å²) in [6.45, 7) is 8.12. The van der Waals surface area contributed by atoms with Crippen LogP contribution in [0, 0.1) is 27.7 Å². The number of hydrogen-bond donors (Lipinski definition) is 2. The number of aryl methyl sites for hydroxylation is 4. The Morgan fingerprint density at radius 2 is 1.19 bits per heavy atom. The molecule has 0 amide bonds. The van der Waals surface area contributed by atoms with Crippen molar-refractivity contribution >= 4 is 38.9 Å². The molecule has 0 heterocycles. The summed E-state index contributed by atoms with van der Waals surface area (Å²) in [7, 11) is 0. The van der Waals surface area contributed by atoms with Crippen LogP contribution < -0.4 is 11.5 Å². The van der Waals surface area contributed by atoms with Crippen molar-refractivity contribution in [2.45, 2.75) is 27.7 Å². The fraction of sp³-hybridized carbons (Fsp3) is 0.182. The molecule has 0 aliphatic rings. The quantitative estimate of drug-likeness (QED) is 0.414. The Bertz CT molecular complexity index is 868. The standard InChI is InChI=1S/C14H14ClN.C8H10BrN/c1-9-8-14(16)10(2)7-13(9)11-3-5-12(15)6-4-11;1-5-4-8(10)6(2)3-7(5)9/h3-8H,16H2,1-2H3;3-4H,10H2,1-2H3. The Morgan fingerprint density at radius 1 is 0.692 bits per heavy atom. The number of benzene rings is 3. The Balaban J connectivity index is 0.000000209. The number of nitrogens with two attached hydrogens (primary N) is 2. The first-order chi connectivity index (χ1) is 12.2. The molecule has 0 bridgehead atoms. The van der Waals surface area contributed by atoms with Gasteiger partial charge < -0.3 is 11.5 Å². The molecule has 0 aliphatic heterocycles. The molecule has 26 heavy (non-hydrogen) atoms. The van der Waals surface area contributed by atoms with Crippen molar-refractivity contribution in [3.63, 3.8) is 0 Å². The van der Waals surface area contributed by atoms with Crippen molar-refractivity contribution in [3.8, 4) is 11.1 Å². The molecule has 0 unspecified atom stereocenters. The lowest BCUT2D eigenvalue weighted by Crippen LogP contribution is -1.92. The van der Waals surface area contributed by atoms with E-state index < -0.39 is 0 Å². The first kappa shape index (κ1) is 20.3. The van der Waals surface area contributed by atoms with Gasteiger partial charge in [0.1, 0.15) is 0 Å². The molecule has 0 aromatic heterocycles. The van der Waals surface area contributed by atoms with E-state index in [4.69, 9.17) is 23.1 Å². The molecule has 3 rings (SSSR count). The zero-order valence-corrected chi connectivity index (χ0v) is 17.9. The molecule has 0 spiro atoms. The van der Waals surface area contributed by atoms with Crippen molar-refractivity contribution < 1.29 is 0 Å². The monoisotopic (exact) mass is 430 g/mol. The molecule has 0 radical (unpaired) electrons. The van der Waals surface area contributed by atoms with Crippen LogP contribution >= 0.6 is 27.5 Å². The van der Waals surface area contributed by atoms with Crippen LogP contribution in [0.3, 0.4) is 0 Å². The van der Waals surface area contributed by atoms with Crippen molar-refractivity contribution in [3.05, 3.63) is 80.3 Å². The molecule has 136 valence electrons. The lowest BCUT2D eigenvalue weighted by Gasteiger charge is -2.09. The highest BCUT2D eigenvalue weighted by molar-refractivity contribution is 9.10. The molecule has 3 aromatic rings. The summed E-state index contributed by atoms with van der Waals surface area (Å²) in [5.74, 6) is 0. The van der Waals surface area contributed by atoms with E-state index in [1.54, 1.807) is 0 Å². The Morgan fingerprint density at radius 3 is 1.73 bits per heavy atom. The van der Waals surface area contributed by atoms with Gasteiger partial charge in [-0.3, -0.25) is 0 Å². The zero-order chi connectivity index (χ0) is 19.4. The first-order valence-corrected chi connectivity index (χ1v) is 9.51. The van der Waals surface area contributed by atoms with E-state index in [-0.39, 0.29) is 0 Å². The Hall–Kier alpha value is -1.97. The summed E-state index contributed by atoms with van der Waals surface area (Å²) < 4.78 is 1.12. The summed E-state index contributed by atoms with van der Waals surface area (Å²) in [5, 5.41) is 0.758. The maximum absolute atomic E-state index is 5.88. The van der Waals surface area contributed by atoms with Gasteiger partial charge in [0.2, 0.25) is 0 Å². The smallest absolute Gasteiger partial charge is 0.0406 e. The lowest BCUT2D eigenvalue weighted by atomic mass is 9.97. The van der Waals surface area contributed by atoms with Gasteiger partial charge >= 0.3 is 0 Å². The largest absolute Gasteiger partial charge is 0.399 e. The molecule has 0 saturated heterocycles. The third kappa shape index (κ3) is 5.03. The van der Waals surface area contributed by atoms with Gasteiger partial charge in [0.15, 0.2) is 0 Å². The Labute approximate surface area is 169 Å². The SMILES string of the molecule is Cc1cc(-c2ccc(Cl)cc2)c(C)cc1N.Cc1cc(Br)c(C)cc1N. The van der Waals surface area contributed by atoms with Crippen LogP contribution in [0.4, 0.5) is 11.4 Å². The second-order valence-electron chi connectivity index (χ2n) is 6.49. The highest BCUT2D eigenvalue weighted by atomic mass is 79.9. The summed E-state index contributed by atoms with van der Waals surface area (Å²) in [6, 6.07) is 16.0. The topological polar surface area (TPSA) is 52.0 Å². The summed E-state index contributed by atoms with van der Waals surface area (Å²) in [6.07, 6.45) is 0. The average molecular weight is 432 g/mol. The highest BCUT2D eigenvalue weighted by Crippen LogP contribution is 2.28. The van der Waals surface area contributed by atoms with Crippen molar-refractivity contribution in [1.29, 1.82) is 0 Å². The molecule has 3 aromatic carbocycles. The molecule has 0 aliphatic carbocycles. The fourth-order valence-electron chi connectivity index (χ4n) is 2.58. The van der Waals surface area contributed by atoms with Crippen LogP contribution in [0.25, 0.3) is 11.1 Å². The minimum absolute atomic E-state index is 0.758. The van der Waals surface area contributed by atoms with Crippen LogP contribution in [0.1, 0.15) is 22.3 Å². The van der Waals surface area contributed by atoms with Gasteiger partial charge in [-0.2, -0.15) is 0 Å². The van der Waals surface area contributed by atoms with Gasteiger partial charge in [0, 0.05) is 20.9 Å². The summed E-state index contributed by atoms with van der Waals surface area (Å²) in [5.41, 5.74) is 20.2. The average Bonchev–Trinajstić information content (AvgIpc) is 2.58. The first-order valence-electron chi connectivity index (χ1n) is 8.34. The third-order valence-corrected chi connectivity index (χ3v) is 5.42. The van der Waals surface area contributed by atoms with Gasteiger partial charge in [-0.05, 0) is 97.5 Å². The van der Waals surface area contributed by atoms with Crippen LogP contribution in [-0.2, 0) is 0 Å². The van der Waals surface area contributed by atoms with Crippen molar-refractivity contribution in [2.75, 3.05) is 11.5 Å². The minimum atomic E-state index is 0.758. The molecule has 4 heteroatoms. The fourth-order valence-corrected chi connectivity index (χ4v) is 3.17.